The Hall–Kier alpha value is -4.73. The number of benzene rings is 3. The minimum absolute atomic E-state index is 0.0707. The van der Waals surface area contributed by atoms with Crippen molar-refractivity contribution in [2.75, 3.05) is 13.2 Å². The largest absolute Gasteiger partial charge is 0.494 e. The normalized spacial score (nSPS) is 11.3. The average molecular weight is 582 g/mol. The lowest BCUT2D eigenvalue weighted by atomic mass is 10.0. The van der Waals surface area contributed by atoms with Gasteiger partial charge in [0.25, 0.3) is 0 Å². The SMILES string of the molecule is O=C(O)CCCc1cn(CC(=O)O)c2c(C=Cc3ccc(OCCCCOc4cccc(F)c4F)cc3)ccc(F)c12. The summed E-state index contributed by atoms with van der Waals surface area (Å²) < 4.78 is 54.2. The van der Waals surface area contributed by atoms with Crippen LogP contribution in [0.5, 0.6) is 11.5 Å². The highest BCUT2D eigenvalue weighted by atomic mass is 19.2. The Kier molecular flexibility index (Phi) is 10.3. The van der Waals surface area contributed by atoms with Gasteiger partial charge in [-0.05, 0) is 78.8 Å². The van der Waals surface area contributed by atoms with Crippen molar-refractivity contribution in [3.63, 3.8) is 0 Å². The first-order valence-electron chi connectivity index (χ1n) is 13.4. The molecule has 4 rings (SSSR count). The number of ether oxygens (including phenoxy) is 2. The molecule has 10 heteroatoms. The van der Waals surface area contributed by atoms with Gasteiger partial charge in [0.1, 0.15) is 18.1 Å². The lowest BCUT2D eigenvalue weighted by Gasteiger charge is -2.09. The number of carboxylic acid groups (broad SMARTS) is 2. The van der Waals surface area contributed by atoms with Crippen molar-refractivity contribution < 1.29 is 42.4 Å². The quantitative estimate of drug-likeness (QED) is 0.116. The van der Waals surface area contributed by atoms with Crippen LogP contribution < -0.4 is 9.47 Å². The highest BCUT2D eigenvalue weighted by Crippen LogP contribution is 2.30. The van der Waals surface area contributed by atoms with E-state index in [1.165, 1.54) is 22.8 Å². The van der Waals surface area contributed by atoms with Gasteiger partial charge in [-0.1, -0.05) is 30.4 Å². The smallest absolute Gasteiger partial charge is 0.323 e. The van der Waals surface area contributed by atoms with Crippen molar-refractivity contribution in [3.05, 3.63) is 94.9 Å². The summed E-state index contributed by atoms with van der Waals surface area (Å²) >= 11 is 0. The van der Waals surface area contributed by atoms with Crippen molar-refractivity contribution in [2.24, 2.45) is 0 Å². The zero-order chi connectivity index (χ0) is 30.1. The van der Waals surface area contributed by atoms with Crippen molar-refractivity contribution in [1.29, 1.82) is 0 Å². The van der Waals surface area contributed by atoms with Gasteiger partial charge in [-0.2, -0.15) is 4.39 Å². The van der Waals surface area contributed by atoms with Gasteiger partial charge in [-0.15, -0.1) is 0 Å². The number of aliphatic carboxylic acids is 2. The fourth-order valence-electron chi connectivity index (χ4n) is 4.57. The highest BCUT2D eigenvalue weighted by Gasteiger charge is 2.17. The van der Waals surface area contributed by atoms with Gasteiger partial charge < -0.3 is 24.3 Å². The molecule has 0 fully saturated rings. The van der Waals surface area contributed by atoms with Crippen LogP contribution in [0.4, 0.5) is 13.2 Å². The number of unbranched alkanes of at least 4 members (excludes halogenated alkanes) is 1. The fraction of sp³-hybridized carbons (Fsp3) is 0.250. The van der Waals surface area contributed by atoms with Crippen LogP contribution in [0.25, 0.3) is 23.1 Å². The number of carbonyl (C=O) groups is 2. The maximum atomic E-state index is 14.9. The fourth-order valence-corrected chi connectivity index (χ4v) is 4.57. The molecule has 0 spiro atoms. The molecule has 0 radical (unpaired) electrons. The minimum atomic E-state index is -1.08. The van der Waals surface area contributed by atoms with Gasteiger partial charge in [-0.3, -0.25) is 9.59 Å². The summed E-state index contributed by atoms with van der Waals surface area (Å²) in [7, 11) is 0. The second-order valence-corrected chi connectivity index (χ2v) is 9.64. The number of hydrogen-bond donors (Lipinski definition) is 2. The zero-order valence-electron chi connectivity index (χ0n) is 22.7. The van der Waals surface area contributed by atoms with Crippen LogP contribution in [0.1, 0.15) is 42.4 Å². The molecule has 3 aromatic carbocycles. The molecule has 4 aromatic rings. The number of rotatable bonds is 15. The Morgan fingerprint density at radius 1 is 0.810 bits per heavy atom. The third-order valence-electron chi connectivity index (χ3n) is 6.54. The predicted octanol–water partition coefficient (Wildman–Crippen LogP) is 6.96. The molecule has 0 aliphatic rings. The second kappa shape index (κ2) is 14.2. The van der Waals surface area contributed by atoms with Crippen LogP contribution >= 0.6 is 0 Å². The van der Waals surface area contributed by atoms with E-state index in [4.69, 9.17) is 14.6 Å². The summed E-state index contributed by atoms with van der Waals surface area (Å²) in [6.45, 7) is 0.274. The number of nitrogens with zero attached hydrogens (tertiary/aromatic N) is 1. The zero-order valence-corrected chi connectivity index (χ0v) is 22.7. The topological polar surface area (TPSA) is 98.0 Å². The highest BCUT2D eigenvalue weighted by molar-refractivity contribution is 5.94. The molecule has 220 valence electrons. The summed E-state index contributed by atoms with van der Waals surface area (Å²) in [5, 5.41) is 18.6. The third-order valence-corrected chi connectivity index (χ3v) is 6.54. The van der Waals surface area contributed by atoms with Gasteiger partial charge in [0.2, 0.25) is 5.82 Å². The number of fused-ring (bicyclic) bond motifs is 1. The van der Waals surface area contributed by atoms with Crippen molar-refractivity contribution in [2.45, 2.75) is 38.6 Å². The maximum absolute atomic E-state index is 14.9. The van der Waals surface area contributed by atoms with Gasteiger partial charge in [0, 0.05) is 18.0 Å². The van der Waals surface area contributed by atoms with E-state index in [0.717, 1.165) is 11.6 Å². The summed E-state index contributed by atoms with van der Waals surface area (Å²) in [6.07, 6.45) is 6.96. The van der Waals surface area contributed by atoms with Crippen molar-refractivity contribution in [1.82, 2.24) is 4.57 Å². The minimum Gasteiger partial charge on any atom is -0.494 e. The summed E-state index contributed by atoms with van der Waals surface area (Å²) in [4.78, 5) is 22.4. The summed E-state index contributed by atoms with van der Waals surface area (Å²) in [5.41, 5.74) is 2.46. The third kappa shape index (κ3) is 7.93. The van der Waals surface area contributed by atoms with E-state index in [1.807, 2.05) is 18.2 Å². The molecule has 0 amide bonds. The lowest BCUT2D eigenvalue weighted by Crippen LogP contribution is -2.08. The molecule has 0 aliphatic carbocycles. The first-order valence-corrected chi connectivity index (χ1v) is 13.4. The molecule has 0 bridgehead atoms. The molecule has 7 nitrogen and oxygen atoms in total. The van der Waals surface area contributed by atoms with Crippen molar-refractivity contribution in [3.8, 4) is 11.5 Å². The van der Waals surface area contributed by atoms with E-state index in [0.29, 0.717) is 60.1 Å². The standard InChI is InChI=1S/C32H30F3NO6/c33-25-16-13-22(32-30(25)23(5-3-8-28(37)38)19-36(32)20-29(39)40)12-9-21-10-14-24(15-11-21)41-17-1-2-18-42-27-7-4-6-26(34)31(27)35/h4,6-7,9-16,19H,1-3,5,8,17-18,20H2,(H,37,38)(H,39,40). The Balaban J connectivity index is 1.37. The Morgan fingerprint density at radius 3 is 2.26 bits per heavy atom. The van der Waals surface area contributed by atoms with Gasteiger partial charge in [0.05, 0.1) is 18.7 Å². The monoisotopic (exact) mass is 581 g/mol. The number of hydrogen-bond acceptors (Lipinski definition) is 4. The molecule has 42 heavy (non-hydrogen) atoms. The molecular formula is C32H30F3NO6. The van der Waals surface area contributed by atoms with Crippen LogP contribution in [-0.4, -0.2) is 39.9 Å². The second-order valence-electron chi connectivity index (χ2n) is 9.64. The molecule has 0 atom stereocenters. The van der Waals surface area contributed by atoms with E-state index in [9.17, 15) is 27.9 Å². The van der Waals surface area contributed by atoms with E-state index in [1.54, 1.807) is 30.5 Å². The first-order chi connectivity index (χ1) is 20.2. The van der Waals surface area contributed by atoms with Crippen molar-refractivity contribution >= 4 is 35.0 Å². The maximum Gasteiger partial charge on any atom is 0.323 e. The molecule has 0 saturated carbocycles. The van der Waals surface area contributed by atoms with E-state index < -0.39 is 29.4 Å². The van der Waals surface area contributed by atoms with E-state index in [2.05, 4.69) is 0 Å². The van der Waals surface area contributed by atoms with Crippen LogP contribution in [0, 0.1) is 17.5 Å². The molecule has 1 aromatic heterocycles. The van der Waals surface area contributed by atoms with Crippen LogP contribution in [0.2, 0.25) is 0 Å². The molecular weight excluding hydrogens is 551 g/mol. The lowest BCUT2D eigenvalue weighted by molar-refractivity contribution is -0.138. The first kappa shape index (κ1) is 30.2. The van der Waals surface area contributed by atoms with Crippen LogP contribution in [0.3, 0.4) is 0 Å². The molecule has 0 aliphatic heterocycles. The number of carboxylic acids is 2. The van der Waals surface area contributed by atoms with Gasteiger partial charge in [0.15, 0.2) is 11.6 Å². The predicted molar refractivity (Wildman–Crippen MR) is 152 cm³/mol. The number of halogens is 3. The molecule has 0 unspecified atom stereocenters. The Labute approximate surface area is 240 Å². The average Bonchev–Trinajstić information content (AvgIpc) is 3.31. The van der Waals surface area contributed by atoms with Gasteiger partial charge in [-0.25, -0.2) is 8.78 Å². The summed E-state index contributed by atoms with van der Waals surface area (Å²) in [6, 6.07) is 14.0. The molecule has 2 N–H and O–H groups in total. The van der Waals surface area contributed by atoms with E-state index >= 15 is 0 Å². The van der Waals surface area contributed by atoms with Crippen LogP contribution in [0.15, 0.2) is 60.8 Å². The Morgan fingerprint density at radius 2 is 1.55 bits per heavy atom. The van der Waals surface area contributed by atoms with E-state index in [-0.39, 0.29) is 25.3 Å². The van der Waals surface area contributed by atoms with Crippen LogP contribution in [-0.2, 0) is 22.6 Å². The van der Waals surface area contributed by atoms with Gasteiger partial charge >= 0.3 is 11.9 Å². The molecule has 1 heterocycles. The number of aryl methyl sites for hydroxylation is 1. The molecule has 0 saturated heterocycles. The number of aromatic nitrogens is 1. The Bertz CT molecular complexity index is 1580. The summed E-state index contributed by atoms with van der Waals surface area (Å²) in [5.74, 6) is -3.94.